The summed E-state index contributed by atoms with van der Waals surface area (Å²) in [5.41, 5.74) is 27.0. The van der Waals surface area contributed by atoms with E-state index in [0.717, 1.165) is 99.6 Å². The van der Waals surface area contributed by atoms with Crippen molar-refractivity contribution in [1.29, 1.82) is 0 Å². The SMILES string of the molecule is c1ccc(-n2c3ccccc3c3c(-c4ccc(-c5cccc6oc7c8ccccc8n(-c8ccccc8)c7c56)cc4)cccc32)cc1.c1ccc(-n2c3ccccc3c3cc(-c4ccc(-c5cccc6oc7c8ccccc8n(-c8ccccc8)c7c56)cc4)ccc32)cc1. The zero-order valence-corrected chi connectivity index (χ0v) is 50.9. The molecule has 6 heteroatoms. The molecule has 6 aromatic heterocycles. The molecule has 0 radical (unpaired) electrons. The molecule has 94 heavy (non-hydrogen) atoms. The Kier molecular flexibility index (Phi) is 12.2. The van der Waals surface area contributed by atoms with E-state index >= 15 is 0 Å². The molecule has 14 aromatic carbocycles. The van der Waals surface area contributed by atoms with E-state index in [2.05, 4.69) is 358 Å². The van der Waals surface area contributed by atoms with Crippen molar-refractivity contribution in [2.24, 2.45) is 0 Å². The maximum Gasteiger partial charge on any atom is 0.161 e. The van der Waals surface area contributed by atoms with Gasteiger partial charge in [-0.25, -0.2) is 0 Å². The fourth-order valence-corrected chi connectivity index (χ4v) is 15.0. The Labute approximate surface area is 540 Å². The molecule has 0 bridgehead atoms. The summed E-state index contributed by atoms with van der Waals surface area (Å²) in [6.07, 6.45) is 0. The van der Waals surface area contributed by atoms with Gasteiger partial charge in [-0.1, -0.05) is 224 Å². The zero-order valence-electron chi connectivity index (χ0n) is 50.9. The van der Waals surface area contributed by atoms with E-state index < -0.39 is 0 Å². The van der Waals surface area contributed by atoms with Crippen molar-refractivity contribution in [3.05, 3.63) is 340 Å². The molecular weight excluding hydrogens is 1140 g/mol. The van der Waals surface area contributed by atoms with Gasteiger partial charge < -0.3 is 27.1 Å². The van der Waals surface area contributed by atoms with E-state index in [4.69, 9.17) is 8.83 Å². The highest BCUT2D eigenvalue weighted by Crippen LogP contribution is 2.47. The van der Waals surface area contributed by atoms with Gasteiger partial charge in [0.05, 0.1) is 43.9 Å². The van der Waals surface area contributed by atoms with Crippen LogP contribution >= 0.6 is 0 Å². The number of fused-ring (bicyclic) bond motifs is 16. The van der Waals surface area contributed by atoms with Crippen LogP contribution in [0.5, 0.6) is 0 Å². The van der Waals surface area contributed by atoms with Gasteiger partial charge in [-0.3, -0.25) is 0 Å². The van der Waals surface area contributed by atoms with E-state index in [9.17, 15) is 0 Å². The predicted molar refractivity (Wildman–Crippen MR) is 392 cm³/mol. The molecule has 0 aliphatic rings. The Hall–Kier alpha value is -12.6. The quantitative estimate of drug-likeness (QED) is 0.152. The molecule has 0 spiro atoms. The van der Waals surface area contributed by atoms with Crippen molar-refractivity contribution in [2.75, 3.05) is 0 Å². The number of rotatable bonds is 8. The van der Waals surface area contributed by atoms with Crippen LogP contribution in [0.2, 0.25) is 0 Å². The molecule has 0 saturated carbocycles. The van der Waals surface area contributed by atoms with Crippen molar-refractivity contribution >= 4 is 110 Å². The fraction of sp³-hybridized carbons (Fsp3) is 0. The third-order valence-corrected chi connectivity index (χ3v) is 19.1. The molecule has 0 fully saturated rings. The van der Waals surface area contributed by atoms with Crippen LogP contribution < -0.4 is 0 Å². The predicted octanol–water partition coefficient (Wildman–Crippen LogP) is 23.9. The lowest BCUT2D eigenvalue weighted by molar-refractivity contribution is 0.672. The minimum absolute atomic E-state index is 0.894. The number of furan rings is 2. The largest absolute Gasteiger partial charge is 0.454 e. The molecule has 0 N–H and O–H groups in total. The van der Waals surface area contributed by atoms with Crippen molar-refractivity contribution in [2.45, 2.75) is 0 Å². The lowest BCUT2D eigenvalue weighted by Crippen LogP contribution is -1.93. The second-order valence-electron chi connectivity index (χ2n) is 24.3. The smallest absolute Gasteiger partial charge is 0.161 e. The van der Waals surface area contributed by atoms with Crippen molar-refractivity contribution in [3.63, 3.8) is 0 Å². The van der Waals surface area contributed by atoms with Gasteiger partial charge in [-0.05, 0) is 160 Å². The molecule has 20 rings (SSSR count). The Morgan fingerprint density at radius 1 is 0.191 bits per heavy atom. The first kappa shape index (κ1) is 53.2. The van der Waals surface area contributed by atoms with Crippen LogP contribution in [-0.4, -0.2) is 18.3 Å². The number of hydrogen-bond donors (Lipinski definition) is 0. The molecule has 6 heterocycles. The number of aromatic nitrogens is 4. The first-order valence-electron chi connectivity index (χ1n) is 32.1. The van der Waals surface area contributed by atoms with Crippen LogP contribution in [0.15, 0.2) is 349 Å². The minimum Gasteiger partial charge on any atom is -0.454 e. The lowest BCUT2D eigenvalue weighted by Gasteiger charge is -2.11. The minimum atomic E-state index is 0.894. The highest BCUT2D eigenvalue weighted by Gasteiger charge is 2.25. The maximum absolute atomic E-state index is 6.63. The molecule has 0 aliphatic heterocycles. The molecule has 0 atom stereocenters. The second-order valence-corrected chi connectivity index (χ2v) is 24.3. The van der Waals surface area contributed by atoms with E-state index in [1.54, 1.807) is 0 Å². The first-order valence-corrected chi connectivity index (χ1v) is 32.1. The molecule has 0 unspecified atom stereocenters. The van der Waals surface area contributed by atoms with Gasteiger partial charge in [0.2, 0.25) is 0 Å². The standard InChI is InChI=1S/2C44H28N2O/c1-3-13-31(14-4-1)45-37-21-9-7-17-35(37)41-33(19-11-23-39(41)45)29-25-27-30(28-26-29)34-20-12-24-40-42(34)43-44(47-40)36-18-8-10-22-38(36)46(43)32-15-5-2-6-16-32;1-3-12-32(13-4-1)45-38-19-9-7-16-35(38)37-28-31(26-27-40(37)45)29-22-24-30(25-23-29)34-18-11-21-41-42(34)43-44(47-41)36-17-8-10-20-39(36)46(43)33-14-5-2-6-15-33/h2*1-28H. The molecule has 20 aromatic rings. The fourth-order valence-electron chi connectivity index (χ4n) is 15.0. The normalized spacial score (nSPS) is 11.8. The van der Waals surface area contributed by atoms with Gasteiger partial charge >= 0.3 is 0 Å². The van der Waals surface area contributed by atoms with Gasteiger partial charge in [-0.15, -0.1) is 0 Å². The van der Waals surface area contributed by atoms with Crippen LogP contribution in [0.3, 0.4) is 0 Å². The van der Waals surface area contributed by atoms with Gasteiger partial charge in [-0.2, -0.15) is 0 Å². The number of hydrogen-bond acceptors (Lipinski definition) is 2. The molecule has 0 saturated heterocycles. The summed E-state index contributed by atoms with van der Waals surface area (Å²) >= 11 is 0. The van der Waals surface area contributed by atoms with Gasteiger partial charge in [0.1, 0.15) is 22.2 Å². The highest BCUT2D eigenvalue weighted by atomic mass is 16.3. The van der Waals surface area contributed by atoms with E-state index in [-0.39, 0.29) is 0 Å². The summed E-state index contributed by atoms with van der Waals surface area (Å²) in [6.45, 7) is 0. The monoisotopic (exact) mass is 1200 g/mol. The number of para-hydroxylation sites is 8. The molecule has 6 nitrogen and oxygen atoms in total. The Bertz CT molecular complexity index is 6300. The molecule has 440 valence electrons. The van der Waals surface area contributed by atoms with Crippen LogP contribution in [0.4, 0.5) is 0 Å². The van der Waals surface area contributed by atoms with E-state index in [0.29, 0.717) is 0 Å². The Morgan fingerprint density at radius 2 is 0.511 bits per heavy atom. The van der Waals surface area contributed by atoms with Crippen molar-refractivity contribution < 1.29 is 8.83 Å². The Balaban J connectivity index is 0.000000133. The van der Waals surface area contributed by atoms with Gasteiger partial charge in [0, 0.05) is 55.1 Å². The van der Waals surface area contributed by atoms with Crippen LogP contribution in [-0.2, 0) is 0 Å². The number of nitrogens with zero attached hydrogens (tertiary/aromatic N) is 4. The second kappa shape index (κ2) is 21.5. The average molecular weight is 1200 g/mol. The van der Waals surface area contributed by atoms with Gasteiger partial charge in [0.15, 0.2) is 11.2 Å². The summed E-state index contributed by atoms with van der Waals surface area (Å²) in [5.74, 6) is 0. The van der Waals surface area contributed by atoms with Crippen LogP contribution in [0.25, 0.3) is 177 Å². The summed E-state index contributed by atoms with van der Waals surface area (Å²) in [5, 5.41) is 9.53. The first-order chi connectivity index (χ1) is 46.7. The summed E-state index contributed by atoms with van der Waals surface area (Å²) in [4.78, 5) is 0. The third-order valence-electron chi connectivity index (χ3n) is 19.1. The molecule has 0 amide bonds. The van der Waals surface area contributed by atoms with Gasteiger partial charge in [0.25, 0.3) is 0 Å². The van der Waals surface area contributed by atoms with Crippen molar-refractivity contribution in [3.8, 4) is 67.3 Å². The zero-order chi connectivity index (χ0) is 61.8. The van der Waals surface area contributed by atoms with Crippen LogP contribution in [0, 0.1) is 0 Å². The lowest BCUT2D eigenvalue weighted by atomic mass is 9.95. The van der Waals surface area contributed by atoms with E-state index in [1.165, 1.54) is 77.2 Å². The molecule has 0 aliphatic carbocycles. The summed E-state index contributed by atoms with van der Waals surface area (Å²) in [6, 6.07) is 121. The average Bonchev–Trinajstić information content (AvgIpc) is 1.57. The third kappa shape index (κ3) is 8.30. The van der Waals surface area contributed by atoms with Crippen molar-refractivity contribution in [1.82, 2.24) is 18.3 Å². The highest BCUT2D eigenvalue weighted by molar-refractivity contribution is 6.22. The number of benzene rings is 14. The molecular formula is C88H56N4O2. The topological polar surface area (TPSA) is 46.0 Å². The van der Waals surface area contributed by atoms with Crippen LogP contribution in [0.1, 0.15) is 0 Å². The van der Waals surface area contributed by atoms with E-state index in [1.807, 2.05) is 0 Å². The maximum atomic E-state index is 6.63. The Morgan fingerprint density at radius 3 is 0.979 bits per heavy atom. The summed E-state index contributed by atoms with van der Waals surface area (Å²) in [7, 11) is 0. The summed E-state index contributed by atoms with van der Waals surface area (Å²) < 4.78 is 22.7.